The first-order valence-electron chi connectivity index (χ1n) is 9.64. The number of rotatable bonds is 7. The van der Waals surface area contributed by atoms with Crippen molar-refractivity contribution in [2.24, 2.45) is 0 Å². The molecule has 0 unspecified atom stereocenters. The van der Waals surface area contributed by atoms with Gasteiger partial charge in [0.05, 0.1) is 0 Å². The van der Waals surface area contributed by atoms with Gasteiger partial charge in [-0.25, -0.2) is 4.79 Å². The van der Waals surface area contributed by atoms with Crippen LogP contribution in [0.15, 0.2) is 24.3 Å². The van der Waals surface area contributed by atoms with Gasteiger partial charge in [0.25, 0.3) is 0 Å². The van der Waals surface area contributed by atoms with Crippen molar-refractivity contribution in [2.45, 2.75) is 65.1 Å². The van der Waals surface area contributed by atoms with Crippen molar-refractivity contribution >= 4 is 23.5 Å². The lowest BCUT2D eigenvalue weighted by molar-refractivity contribution is -0.123. The molecule has 2 rings (SSSR count). The Labute approximate surface area is 160 Å². The van der Waals surface area contributed by atoms with Crippen molar-refractivity contribution in [1.82, 2.24) is 16.0 Å². The van der Waals surface area contributed by atoms with Crippen molar-refractivity contribution in [1.29, 1.82) is 0 Å². The number of nitrogens with one attached hydrogen (secondary N) is 3. The molecular formula is C20H30N4O3. The fraction of sp³-hybridized carbons (Fsp3) is 0.550. The maximum atomic E-state index is 12.0. The number of hydrogen-bond acceptors (Lipinski definition) is 3. The van der Waals surface area contributed by atoms with E-state index in [0.29, 0.717) is 13.0 Å². The van der Waals surface area contributed by atoms with E-state index in [2.05, 4.69) is 16.0 Å². The quantitative estimate of drug-likeness (QED) is 0.684. The Hall–Kier alpha value is -2.57. The van der Waals surface area contributed by atoms with E-state index in [4.69, 9.17) is 0 Å². The number of hydrogen-bond donors (Lipinski definition) is 3. The topological polar surface area (TPSA) is 90.5 Å². The Morgan fingerprint density at radius 3 is 2.44 bits per heavy atom. The molecular weight excluding hydrogens is 344 g/mol. The van der Waals surface area contributed by atoms with Gasteiger partial charge in [-0.2, -0.15) is 0 Å². The standard InChI is InChI=1S/C20H30N4O3/c1-4-14(2)22-19(26)15(3)23-20(27)21-13-16-8-10-17(11-9-16)24-12-6-5-7-18(24)25/h8-11,14-15H,4-7,12-13H2,1-3H3,(H,22,26)(H2,21,23,27)/t14-,15-/m0/s1. The Morgan fingerprint density at radius 2 is 1.81 bits per heavy atom. The van der Waals surface area contributed by atoms with Gasteiger partial charge < -0.3 is 20.9 Å². The average molecular weight is 374 g/mol. The molecule has 148 valence electrons. The molecule has 0 spiro atoms. The van der Waals surface area contributed by atoms with E-state index in [1.165, 1.54) is 0 Å². The first-order chi connectivity index (χ1) is 12.9. The summed E-state index contributed by atoms with van der Waals surface area (Å²) in [5.41, 5.74) is 1.82. The summed E-state index contributed by atoms with van der Waals surface area (Å²) in [6, 6.07) is 6.69. The zero-order valence-corrected chi connectivity index (χ0v) is 16.4. The van der Waals surface area contributed by atoms with Crippen LogP contribution in [0.3, 0.4) is 0 Å². The normalized spacial score (nSPS) is 16.4. The fourth-order valence-electron chi connectivity index (χ4n) is 2.84. The summed E-state index contributed by atoms with van der Waals surface area (Å²) in [7, 11) is 0. The molecule has 27 heavy (non-hydrogen) atoms. The predicted molar refractivity (Wildman–Crippen MR) is 105 cm³/mol. The van der Waals surface area contributed by atoms with E-state index in [-0.39, 0.29) is 17.9 Å². The van der Waals surface area contributed by atoms with Crippen LogP contribution in [-0.4, -0.2) is 36.5 Å². The third-order valence-corrected chi connectivity index (χ3v) is 4.77. The highest BCUT2D eigenvalue weighted by Gasteiger charge is 2.19. The molecule has 7 heteroatoms. The Kier molecular flexibility index (Phi) is 7.64. The van der Waals surface area contributed by atoms with E-state index in [1.807, 2.05) is 43.0 Å². The largest absolute Gasteiger partial charge is 0.352 e. The highest BCUT2D eigenvalue weighted by molar-refractivity contribution is 5.94. The molecule has 7 nitrogen and oxygen atoms in total. The highest BCUT2D eigenvalue weighted by atomic mass is 16.2. The van der Waals surface area contributed by atoms with Crippen molar-refractivity contribution < 1.29 is 14.4 Å². The van der Waals surface area contributed by atoms with Gasteiger partial charge in [0.15, 0.2) is 0 Å². The van der Waals surface area contributed by atoms with Gasteiger partial charge in [0, 0.05) is 31.2 Å². The van der Waals surface area contributed by atoms with Crippen molar-refractivity contribution in [2.75, 3.05) is 11.4 Å². The van der Waals surface area contributed by atoms with Crippen LogP contribution >= 0.6 is 0 Å². The summed E-state index contributed by atoms with van der Waals surface area (Å²) < 4.78 is 0. The van der Waals surface area contributed by atoms with Crippen LogP contribution in [-0.2, 0) is 16.1 Å². The average Bonchev–Trinajstić information content (AvgIpc) is 2.67. The van der Waals surface area contributed by atoms with Crippen LogP contribution in [0, 0.1) is 0 Å². The SMILES string of the molecule is CC[C@H](C)NC(=O)[C@H](C)NC(=O)NCc1ccc(N2CCCCC2=O)cc1. The summed E-state index contributed by atoms with van der Waals surface area (Å²) >= 11 is 0. The van der Waals surface area contributed by atoms with Gasteiger partial charge >= 0.3 is 6.03 Å². The number of carbonyl (C=O) groups excluding carboxylic acids is 3. The molecule has 0 radical (unpaired) electrons. The number of urea groups is 1. The zero-order valence-electron chi connectivity index (χ0n) is 16.4. The third kappa shape index (κ3) is 6.27. The second-order valence-corrected chi connectivity index (χ2v) is 7.04. The molecule has 4 amide bonds. The van der Waals surface area contributed by atoms with E-state index in [9.17, 15) is 14.4 Å². The Bertz CT molecular complexity index is 660. The number of amides is 4. The summed E-state index contributed by atoms with van der Waals surface area (Å²) in [6.07, 6.45) is 3.42. The van der Waals surface area contributed by atoms with Crippen molar-refractivity contribution in [3.8, 4) is 0 Å². The van der Waals surface area contributed by atoms with Crippen LogP contribution in [0.5, 0.6) is 0 Å². The van der Waals surface area contributed by atoms with Crippen LogP contribution in [0.2, 0.25) is 0 Å². The lowest BCUT2D eigenvalue weighted by Gasteiger charge is -2.26. The molecule has 0 aliphatic carbocycles. The minimum Gasteiger partial charge on any atom is -0.352 e. The van der Waals surface area contributed by atoms with Crippen molar-refractivity contribution in [3.63, 3.8) is 0 Å². The first-order valence-corrected chi connectivity index (χ1v) is 9.64. The van der Waals surface area contributed by atoms with Gasteiger partial charge in [0.2, 0.25) is 11.8 Å². The molecule has 1 heterocycles. The van der Waals surface area contributed by atoms with Crippen LogP contribution in [0.25, 0.3) is 0 Å². The van der Waals surface area contributed by atoms with Crippen LogP contribution < -0.4 is 20.9 Å². The molecule has 1 aliphatic heterocycles. The molecule has 3 N–H and O–H groups in total. The lowest BCUT2D eigenvalue weighted by Crippen LogP contribution is -2.49. The van der Waals surface area contributed by atoms with Gasteiger partial charge in [0.1, 0.15) is 6.04 Å². The van der Waals surface area contributed by atoms with Gasteiger partial charge in [-0.05, 0) is 50.8 Å². The van der Waals surface area contributed by atoms with Crippen LogP contribution in [0.1, 0.15) is 52.0 Å². The van der Waals surface area contributed by atoms with Crippen LogP contribution in [0.4, 0.5) is 10.5 Å². The lowest BCUT2D eigenvalue weighted by atomic mass is 10.1. The molecule has 2 atom stereocenters. The minimum atomic E-state index is -0.605. The monoisotopic (exact) mass is 374 g/mol. The number of anilines is 1. The highest BCUT2D eigenvalue weighted by Crippen LogP contribution is 2.21. The summed E-state index contributed by atoms with van der Waals surface area (Å²) in [6.45, 7) is 6.67. The van der Waals surface area contributed by atoms with E-state index in [0.717, 1.165) is 37.1 Å². The molecule has 1 fully saturated rings. The number of nitrogens with zero attached hydrogens (tertiary/aromatic N) is 1. The molecule has 1 saturated heterocycles. The number of piperidine rings is 1. The maximum absolute atomic E-state index is 12.0. The zero-order chi connectivity index (χ0) is 19.8. The Balaban J connectivity index is 1.79. The molecule has 1 aromatic carbocycles. The molecule has 1 aliphatic rings. The first kappa shape index (κ1) is 20.7. The summed E-state index contributed by atoms with van der Waals surface area (Å²) in [4.78, 5) is 37.7. The summed E-state index contributed by atoms with van der Waals surface area (Å²) in [5, 5.41) is 8.22. The van der Waals surface area contributed by atoms with Gasteiger partial charge in [-0.1, -0.05) is 19.1 Å². The molecule has 0 saturated carbocycles. The summed E-state index contributed by atoms with van der Waals surface area (Å²) in [5.74, 6) is -0.0359. The third-order valence-electron chi connectivity index (χ3n) is 4.77. The second-order valence-electron chi connectivity index (χ2n) is 7.04. The van der Waals surface area contributed by atoms with E-state index < -0.39 is 12.1 Å². The van der Waals surface area contributed by atoms with Crippen molar-refractivity contribution in [3.05, 3.63) is 29.8 Å². The van der Waals surface area contributed by atoms with E-state index >= 15 is 0 Å². The number of carbonyl (C=O) groups is 3. The number of benzene rings is 1. The predicted octanol–water partition coefficient (Wildman–Crippen LogP) is 2.31. The second kappa shape index (κ2) is 9.94. The van der Waals surface area contributed by atoms with E-state index in [1.54, 1.807) is 6.92 Å². The molecule has 1 aromatic rings. The molecule has 0 aromatic heterocycles. The smallest absolute Gasteiger partial charge is 0.315 e. The Morgan fingerprint density at radius 1 is 1.11 bits per heavy atom. The maximum Gasteiger partial charge on any atom is 0.315 e. The van der Waals surface area contributed by atoms with Gasteiger partial charge in [-0.15, -0.1) is 0 Å². The molecule has 0 bridgehead atoms. The minimum absolute atomic E-state index is 0.0788. The fourth-order valence-corrected chi connectivity index (χ4v) is 2.84. The van der Waals surface area contributed by atoms with Gasteiger partial charge in [-0.3, -0.25) is 9.59 Å².